The van der Waals surface area contributed by atoms with Gasteiger partial charge in [-0.25, -0.2) is 4.98 Å². The first-order valence-electron chi connectivity index (χ1n) is 9.60. The first-order valence-corrected chi connectivity index (χ1v) is 9.60. The van der Waals surface area contributed by atoms with Crippen molar-refractivity contribution in [1.82, 2.24) is 20.1 Å². The molecule has 2 fully saturated rings. The predicted molar refractivity (Wildman–Crippen MR) is 97.1 cm³/mol. The Labute approximate surface area is 149 Å². The molecule has 5 heteroatoms. The molecule has 134 valence electrons. The number of hydrogen-bond donors (Lipinski definition) is 1. The Balaban J connectivity index is 1.45. The van der Waals surface area contributed by atoms with Crippen LogP contribution in [0.1, 0.15) is 61.8 Å². The van der Waals surface area contributed by atoms with Gasteiger partial charge < -0.3 is 4.74 Å². The molecule has 0 unspecified atom stereocenters. The molecule has 0 spiro atoms. The molecule has 5 nitrogen and oxygen atoms in total. The number of hydrogen-bond acceptors (Lipinski definition) is 4. The molecular formula is C20H28N4O. The fourth-order valence-corrected chi connectivity index (χ4v) is 4.31. The third kappa shape index (κ3) is 3.93. The summed E-state index contributed by atoms with van der Waals surface area (Å²) >= 11 is 0. The zero-order chi connectivity index (χ0) is 17.1. The summed E-state index contributed by atoms with van der Waals surface area (Å²) in [7, 11) is 0. The van der Waals surface area contributed by atoms with Gasteiger partial charge >= 0.3 is 0 Å². The van der Waals surface area contributed by atoms with Gasteiger partial charge in [0.2, 0.25) is 0 Å². The summed E-state index contributed by atoms with van der Waals surface area (Å²) in [6.45, 7) is 3.65. The third-order valence-electron chi connectivity index (χ3n) is 5.59. The van der Waals surface area contributed by atoms with Crippen LogP contribution >= 0.6 is 0 Å². The zero-order valence-corrected chi connectivity index (χ0v) is 15.0. The van der Waals surface area contributed by atoms with Crippen LogP contribution in [0.3, 0.4) is 0 Å². The second-order valence-electron chi connectivity index (χ2n) is 7.44. The molecule has 2 aliphatic rings. The number of likely N-dealkylation sites (tertiary alicyclic amines) is 1. The van der Waals surface area contributed by atoms with Crippen LogP contribution in [0.4, 0.5) is 0 Å². The van der Waals surface area contributed by atoms with Gasteiger partial charge in [-0.2, -0.15) is 5.10 Å². The van der Waals surface area contributed by atoms with Crippen molar-refractivity contribution < 1.29 is 4.74 Å². The van der Waals surface area contributed by atoms with Gasteiger partial charge in [0.25, 0.3) is 0 Å². The van der Waals surface area contributed by atoms with Crippen molar-refractivity contribution in [3.05, 3.63) is 47.5 Å². The largest absolute Gasteiger partial charge is 0.372 e. The van der Waals surface area contributed by atoms with Crippen molar-refractivity contribution in [3.63, 3.8) is 0 Å². The third-order valence-corrected chi connectivity index (χ3v) is 5.59. The Morgan fingerprint density at radius 1 is 1.16 bits per heavy atom. The van der Waals surface area contributed by atoms with Gasteiger partial charge in [-0.1, -0.05) is 49.6 Å². The average Bonchev–Trinajstić information content (AvgIpc) is 3.28. The van der Waals surface area contributed by atoms with E-state index in [4.69, 9.17) is 4.74 Å². The van der Waals surface area contributed by atoms with Crippen LogP contribution in [-0.2, 0) is 11.3 Å². The maximum atomic E-state index is 6.26. The van der Waals surface area contributed by atoms with Gasteiger partial charge in [0, 0.05) is 12.6 Å². The number of nitrogens with one attached hydrogen (secondary N) is 1. The van der Waals surface area contributed by atoms with E-state index < -0.39 is 0 Å². The number of aryl methyl sites for hydroxylation is 1. The van der Waals surface area contributed by atoms with E-state index in [1.807, 2.05) is 13.0 Å². The monoisotopic (exact) mass is 340 g/mol. The fraction of sp³-hybridized carbons (Fsp3) is 0.600. The molecule has 1 aliphatic heterocycles. The van der Waals surface area contributed by atoms with Crippen LogP contribution in [0.25, 0.3) is 0 Å². The highest BCUT2D eigenvalue weighted by Crippen LogP contribution is 2.37. The van der Waals surface area contributed by atoms with Gasteiger partial charge in [-0.15, -0.1) is 0 Å². The highest BCUT2D eigenvalue weighted by molar-refractivity contribution is 5.13. The lowest BCUT2D eigenvalue weighted by Gasteiger charge is -2.34. The van der Waals surface area contributed by atoms with Crippen LogP contribution in [-0.4, -0.2) is 38.8 Å². The van der Waals surface area contributed by atoms with Crippen molar-refractivity contribution in [3.8, 4) is 0 Å². The lowest BCUT2D eigenvalue weighted by molar-refractivity contribution is 0.0407. The van der Waals surface area contributed by atoms with Crippen LogP contribution in [0.15, 0.2) is 30.3 Å². The molecule has 2 atom stereocenters. The summed E-state index contributed by atoms with van der Waals surface area (Å²) in [5.74, 6) is 1.83. The molecule has 1 saturated heterocycles. The summed E-state index contributed by atoms with van der Waals surface area (Å²) in [4.78, 5) is 7.25. The van der Waals surface area contributed by atoms with Crippen LogP contribution in [0, 0.1) is 6.92 Å². The number of aromatic amines is 1. The summed E-state index contributed by atoms with van der Waals surface area (Å²) in [6.07, 6.45) is 7.90. The predicted octanol–water partition coefficient (Wildman–Crippen LogP) is 3.78. The van der Waals surface area contributed by atoms with E-state index in [9.17, 15) is 0 Å². The molecule has 1 aliphatic carbocycles. The first kappa shape index (κ1) is 16.7. The quantitative estimate of drug-likeness (QED) is 0.900. The molecule has 4 rings (SSSR count). The van der Waals surface area contributed by atoms with Gasteiger partial charge in [-0.05, 0) is 31.7 Å². The lowest BCUT2D eigenvalue weighted by atomic mass is 9.93. The average molecular weight is 340 g/mol. The molecule has 2 aromatic rings. The van der Waals surface area contributed by atoms with E-state index in [2.05, 4.69) is 44.3 Å². The Morgan fingerprint density at radius 2 is 1.96 bits per heavy atom. The number of rotatable bonds is 5. The Bertz CT molecular complexity index is 665. The summed E-state index contributed by atoms with van der Waals surface area (Å²) in [5, 5.41) is 7.48. The van der Waals surface area contributed by atoms with Gasteiger partial charge in [0.15, 0.2) is 5.82 Å². The Morgan fingerprint density at radius 3 is 2.68 bits per heavy atom. The first-order chi connectivity index (χ1) is 12.3. The molecule has 25 heavy (non-hydrogen) atoms. The van der Waals surface area contributed by atoms with Crippen molar-refractivity contribution in [1.29, 1.82) is 0 Å². The maximum Gasteiger partial charge on any atom is 0.167 e. The van der Waals surface area contributed by atoms with Crippen LogP contribution < -0.4 is 0 Å². The molecule has 0 radical (unpaired) electrons. The minimum Gasteiger partial charge on any atom is -0.372 e. The molecule has 0 bridgehead atoms. The van der Waals surface area contributed by atoms with Crippen LogP contribution in [0.2, 0.25) is 0 Å². The van der Waals surface area contributed by atoms with Gasteiger partial charge in [0.05, 0.1) is 18.8 Å². The van der Waals surface area contributed by atoms with E-state index in [0.29, 0.717) is 12.6 Å². The van der Waals surface area contributed by atoms with E-state index in [1.54, 1.807) is 0 Å². The van der Waals surface area contributed by atoms with Crippen molar-refractivity contribution in [2.75, 3.05) is 6.54 Å². The smallest absolute Gasteiger partial charge is 0.167 e. The lowest BCUT2D eigenvalue weighted by Crippen LogP contribution is -2.37. The second-order valence-corrected chi connectivity index (χ2v) is 7.44. The molecular weight excluding hydrogens is 312 g/mol. The van der Waals surface area contributed by atoms with E-state index in [0.717, 1.165) is 24.6 Å². The maximum absolute atomic E-state index is 6.26. The highest BCUT2D eigenvalue weighted by Gasteiger charge is 2.39. The standard InChI is InChI=1S/C20H28N4O/c1-15-21-20(23-22-15)19-12-18(25-14-16-8-4-2-5-9-16)13-24(19)17-10-6-3-7-11-17/h2,4-5,8-9,17-19H,3,6-7,10-14H2,1H3,(H,21,22,23)/t18-,19-/m0/s1. The van der Waals surface area contributed by atoms with Crippen LogP contribution in [0.5, 0.6) is 0 Å². The normalized spacial score (nSPS) is 25.5. The minimum absolute atomic E-state index is 0.255. The number of ether oxygens (including phenoxy) is 1. The molecule has 1 aromatic carbocycles. The number of nitrogens with zero attached hydrogens (tertiary/aromatic N) is 3. The SMILES string of the molecule is Cc1nc([C@@H]2C[C@H](OCc3ccccc3)CN2C2CCCCC2)n[nH]1. The van der Waals surface area contributed by atoms with E-state index in [1.165, 1.54) is 37.7 Å². The summed E-state index contributed by atoms with van der Waals surface area (Å²) in [5.41, 5.74) is 1.24. The topological polar surface area (TPSA) is 54.0 Å². The molecule has 0 amide bonds. The molecule has 1 N–H and O–H groups in total. The zero-order valence-electron chi connectivity index (χ0n) is 15.0. The molecule has 1 saturated carbocycles. The highest BCUT2D eigenvalue weighted by atomic mass is 16.5. The minimum atomic E-state index is 0.255. The van der Waals surface area contributed by atoms with E-state index in [-0.39, 0.29) is 12.1 Å². The van der Waals surface area contributed by atoms with Gasteiger partial charge in [0.1, 0.15) is 5.82 Å². The summed E-state index contributed by atoms with van der Waals surface area (Å²) in [6, 6.07) is 11.4. The van der Waals surface area contributed by atoms with Gasteiger partial charge in [-0.3, -0.25) is 10.00 Å². The second kappa shape index (κ2) is 7.67. The summed E-state index contributed by atoms with van der Waals surface area (Å²) < 4.78 is 6.26. The van der Waals surface area contributed by atoms with E-state index >= 15 is 0 Å². The fourth-order valence-electron chi connectivity index (χ4n) is 4.31. The Hall–Kier alpha value is -1.72. The molecule has 2 heterocycles. The number of H-pyrrole nitrogens is 1. The Kier molecular flexibility index (Phi) is 5.13. The number of benzene rings is 1. The van der Waals surface area contributed by atoms with Crippen molar-refractivity contribution in [2.45, 2.75) is 70.2 Å². The molecule has 1 aromatic heterocycles. The number of aromatic nitrogens is 3. The van der Waals surface area contributed by atoms with Crippen molar-refractivity contribution >= 4 is 0 Å². The van der Waals surface area contributed by atoms with Crippen molar-refractivity contribution in [2.24, 2.45) is 0 Å².